The maximum absolute atomic E-state index is 13.3. The van der Waals surface area contributed by atoms with Gasteiger partial charge in [-0.05, 0) is 59.0 Å². The van der Waals surface area contributed by atoms with Crippen molar-refractivity contribution in [3.63, 3.8) is 0 Å². The number of methoxy groups -OCH3 is 1. The molecule has 186 valence electrons. The molecule has 0 saturated heterocycles. The highest BCUT2D eigenvalue weighted by Crippen LogP contribution is 2.32. The van der Waals surface area contributed by atoms with E-state index in [0.717, 1.165) is 28.8 Å². The fourth-order valence-corrected chi connectivity index (χ4v) is 4.24. The van der Waals surface area contributed by atoms with Crippen molar-refractivity contribution in [2.75, 3.05) is 17.7 Å². The Hall–Kier alpha value is -4.27. The van der Waals surface area contributed by atoms with Crippen LogP contribution in [0, 0.1) is 17.6 Å². The number of nitrogens with zero attached hydrogens (tertiary/aromatic N) is 1. The summed E-state index contributed by atoms with van der Waals surface area (Å²) < 4.78 is 31.3. The maximum atomic E-state index is 13.3. The van der Waals surface area contributed by atoms with Crippen molar-refractivity contribution < 1.29 is 27.9 Å². The Balaban J connectivity index is 1.46. The standard InChI is InChI=1S/C27H25F2N3O4/c1-15(2)24(26(34)36-3)32-14-18-12-17(6-10-21(18)25(32)33)16-4-7-19(8-5-16)30-27(35)31-20-9-11-22(28)23(29)13-20/h4-13,15,24H,14H2,1-3H3,(H2,30,31,35)/t24-/m0/s1. The number of esters is 1. The molecule has 4 rings (SSSR count). The minimum absolute atomic E-state index is 0.102. The van der Waals surface area contributed by atoms with E-state index in [0.29, 0.717) is 17.8 Å². The molecule has 3 aromatic carbocycles. The van der Waals surface area contributed by atoms with E-state index in [1.807, 2.05) is 38.1 Å². The molecule has 2 N–H and O–H groups in total. The monoisotopic (exact) mass is 493 g/mol. The number of carbonyl (C=O) groups excluding carboxylic acids is 3. The van der Waals surface area contributed by atoms with Gasteiger partial charge in [0.25, 0.3) is 5.91 Å². The Bertz CT molecular complexity index is 1330. The second-order valence-corrected chi connectivity index (χ2v) is 8.80. The van der Waals surface area contributed by atoms with Gasteiger partial charge in [0.2, 0.25) is 0 Å². The summed E-state index contributed by atoms with van der Waals surface area (Å²) in [7, 11) is 1.31. The van der Waals surface area contributed by atoms with E-state index in [1.165, 1.54) is 13.2 Å². The van der Waals surface area contributed by atoms with Gasteiger partial charge in [-0.3, -0.25) is 4.79 Å². The Morgan fingerprint density at radius 1 is 0.889 bits per heavy atom. The summed E-state index contributed by atoms with van der Waals surface area (Å²) in [6.07, 6.45) is 0. The van der Waals surface area contributed by atoms with Gasteiger partial charge >= 0.3 is 12.0 Å². The predicted molar refractivity (Wildman–Crippen MR) is 131 cm³/mol. The molecule has 3 aromatic rings. The minimum atomic E-state index is -1.05. The third kappa shape index (κ3) is 5.05. The molecule has 36 heavy (non-hydrogen) atoms. The largest absolute Gasteiger partial charge is 0.467 e. The van der Waals surface area contributed by atoms with Gasteiger partial charge in [-0.1, -0.05) is 32.0 Å². The topological polar surface area (TPSA) is 87.7 Å². The number of rotatable bonds is 6. The van der Waals surface area contributed by atoms with Crippen LogP contribution in [0.5, 0.6) is 0 Å². The van der Waals surface area contributed by atoms with E-state index < -0.39 is 29.7 Å². The lowest BCUT2D eigenvalue weighted by Gasteiger charge is -2.28. The zero-order valence-corrected chi connectivity index (χ0v) is 20.0. The van der Waals surface area contributed by atoms with E-state index >= 15 is 0 Å². The summed E-state index contributed by atoms with van der Waals surface area (Å²) in [5.74, 6) is -2.80. The van der Waals surface area contributed by atoms with Crippen LogP contribution in [0.2, 0.25) is 0 Å². The van der Waals surface area contributed by atoms with Gasteiger partial charge in [-0.25, -0.2) is 18.4 Å². The number of amides is 3. The summed E-state index contributed by atoms with van der Waals surface area (Å²) in [5, 5.41) is 5.08. The van der Waals surface area contributed by atoms with Crippen LogP contribution in [-0.4, -0.2) is 36.0 Å². The van der Waals surface area contributed by atoms with Crippen molar-refractivity contribution in [3.8, 4) is 11.1 Å². The van der Waals surface area contributed by atoms with E-state index in [2.05, 4.69) is 10.6 Å². The molecule has 0 radical (unpaired) electrons. The highest BCUT2D eigenvalue weighted by molar-refractivity contribution is 6.01. The second kappa shape index (κ2) is 10.2. The molecule has 1 aliphatic rings. The van der Waals surface area contributed by atoms with Gasteiger partial charge in [-0.15, -0.1) is 0 Å². The molecule has 0 saturated carbocycles. The molecule has 0 spiro atoms. The smallest absolute Gasteiger partial charge is 0.328 e. The second-order valence-electron chi connectivity index (χ2n) is 8.80. The summed E-state index contributed by atoms with van der Waals surface area (Å²) >= 11 is 0. The SMILES string of the molecule is COC(=O)[C@H](C(C)C)N1Cc2cc(-c3ccc(NC(=O)Nc4ccc(F)c(F)c4)cc3)ccc2C1=O. The summed E-state index contributed by atoms with van der Waals surface area (Å²) in [6.45, 7) is 4.05. The van der Waals surface area contributed by atoms with Crippen molar-refractivity contribution in [3.05, 3.63) is 83.4 Å². The number of urea groups is 1. The van der Waals surface area contributed by atoms with Crippen molar-refractivity contribution in [1.29, 1.82) is 0 Å². The van der Waals surface area contributed by atoms with Crippen molar-refractivity contribution in [2.45, 2.75) is 26.4 Å². The van der Waals surface area contributed by atoms with Crippen LogP contribution >= 0.6 is 0 Å². The fraction of sp³-hybridized carbons (Fsp3) is 0.222. The van der Waals surface area contributed by atoms with Crippen LogP contribution < -0.4 is 10.6 Å². The number of halogens is 2. The molecule has 0 aliphatic carbocycles. The Kier molecular flexibility index (Phi) is 7.00. The Morgan fingerprint density at radius 2 is 1.53 bits per heavy atom. The maximum Gasteiger partial charge on any atom is 0.328 e. The van der Waals surface area contributed by atoms with Gasteiger partial charge in [0.1, 0.15) is 6.04 Å². The zero-order valence-electron chi connectivity index (χ0n) is 20.0. The number of hydrogen-bond donors (Lipinski definition) is 2. The number of nitrogens with one attached hydrogen (secondary N) is 2. The lowest BCUT2D eigenvalue weighted by Crippen LogP contribution is -2.45. The molecule has 0 bridgehead atoms. The lowest BCUT2D eigenvalue weighted by atomic mass is 10.0. The number of carbonyl (C=O) groups is 3. The molecule has 1 heterocycles. The molecule has 0 unspecified atom stereocenters. The quantitative estimate of drug-likeness (QED) is 0.449. The first-order valence-corrected chi connectivity index (χ1v) is 11.3. The molecule has 1 atom stereocenters. The van der Waals surface area contributed by atoms with Gasteiger partial charge in [-0.2, -0.15) is 0 Å². The van der Waals surface area contributed by atoms with E-state index in [4.69, 9.17) is 4.74 Å². The van der Waals surface area contributed by atoms with Crippen LogP contribution in [-0.2, 0) is 16.1 Å². The summed E-state index contributed by atoms with van der Waals surface area (Å²) in [5.41, 5.74) is 3.74. The summed E-state index contributed by atoms with van der Waals surface area (Å²) in [6, 6.07) is 14.4. The molecular weight excluding hydrogens is 468 g/mol. The first-order valence-electron chi connectivity index (χ1n) is 11.3. The number of hydrogen-bond acceptors (Lipinski definition) is 4. The van der Waals surface area contributed by atoms with Crippen LogP contribution in [0.1, 0.15) is 29.8 Å². The fourth-order valence-electron chi connectivity index (χ4n) is 4.24. The third-order valence-corrected chi connectivity index (χ3v) is 6.00. The molecule has 7 nitrogen and oxygen atoms in total. The Morgan fingerprint density at radius 3 is 2.17 bits per heavy atom. The third-order valence-electron chi connectivity index (χ3n) is 6.00. The zero-order chi connectivity index (χ0) is 26.0. The summed E-state index contributed by atoms with van der Waals surface area (Å²) in [4.78, 5) is 39.0. The average molecular weight is 494 g/mol. The van der Waals surface area contributed by atoms with Crippen LogP contribution in [0.25, 0.3) is 11.1 Å². The minimum Gasteiger partial charge on any atom is -0.467 e. The number of benzene rings is 3. The molecular formula is C27H25F2N3O4. The molecule has 0 fully saturated rings. The average Bonchev–Trinajstić information content (AvgIpc) is 3.16. The van der Waals surface area contributed by atoms with Crippen LogP contribution in [0.15, 0.2) is 60.7 Å². The van der Waals surface area contributed by atoms with E-state index in [-0.39, 0.29) is 17.5 Å². The first-order chi connectivity index (χ1) is 17.2. The molecule has 9 heteroatoms. The molecule has 0 aromatic heterocycles. The Labute approximate surface area is 207 Å². The van der Waals surface area contributed by atoms with Crippen LogP contribution in [0.3, 0.4) is 0 Å². The highest BCUT2D eigenvalue weighted by atomic mass is 19.2. The van der Waals surface area contributed by atoms with Crippen molar-refractivity contribution >= 4 is 29.3 Å². The van der Waals surface area contributed by atoms with Gasteiger partial charge in [0, 0.05) is 29.5 Å². The number of anilines is 2. The first kappa shape index (κ1) is 24.8. The van der Waals surface area contributed by atoms with Crippen LogP contribution in [0.4, 0.5) is 25.0 Å². The van der Waals surface area contributed by atoms with E-state index in [1.54, 1.807) is 23.1 Å². The number of ether oxygens (including phenoxy) is 1. The number of fused-ring (bicyclic) bond motifs is 1. The van der Waals surface area contributed by atoms with Gasteiger partial charge in [0.05, 0.1) is 7.11 Å². The van der Waals surface area contributed by atoms with Gasteiger partial charge < -0.3 is 20.3 Å². The molecule has 3 amide bonds. The predicted octanol–water partition coefficient (Wildman–Crippen LogP) is 5.43. The highest BCUT2D eigenvalue weighted by Gasteiger charge is 2.38. The lowest BCUT2D eigenvalue weighted by molar-refractivity contribution is -0.147. The molecule has 1 aliphatic heterocycles. The normalized spacial score (nSPS) is 13.4. The van der Waals surface area contributed by atoms with E-state index in [9.17, 15) is 23.2 Å². The van der Waals surface area contributed by atoms with Crippen molar-refractivity contribution in [2.24, 2.45) is 5.92 Å². The van der Waals surface area contributed by atoms with Gasteiger partial charge in [0.15, 0.2) is 11.6 Å². The van der Waals surface area contributed by atoms with Crippen molar-refractivity contribution in [1.82, 2.24) is 4.90 Å².